The summed E-state index contributed by atoms with van der Waals surface area (Å²) in [6.07, 6.45) is 0. The van der Waals surface area contributed by atoms with E-state index in [1.54, 1.807) is 4.90 Å². The maximum Gasteiger partial charge on any atom is 0.265 e. The van der Waals surface area contributed by atoms with Crippen LogP contribution in [0.5, 0.6) is 5.75 Å². The van der Waals surface area contributed by atoms with Crippen molar-refractivity contribution in [1.82, 2.24) is 5.32 Å². The monoisotopic (exact) mass is 234 g/mol. The highest BCUT2D eigenvalue weighted by atomic mass is 16.5. The number of carbonyl (C=O) groups excluding carboxylic acids is 2. The molecule has 2 rings (SSSR count). The predicted octanol–water partition coefficient (Wildman–Crippen LogP) is 0.548. The topological polar surface area (TPSA) is 58.6 Å². The number of hydrogen-bond donors (Lipinski definition) is 1. The summed E-state index contributed by atoms with van der Waals surface area (Å²) in [6.45, 7) is 2.40. The van der Waals surface area contributed by atoms with Crippen molar-refractivity contribution in [2.24, 2.45) is 0 Å². The van der Waals surface area contributed by atoms with Crippen LogP contribution in [0.2, 0.25) is 0 Å². The first-order valence-corrected chi connectivity index (χ1v) is 5.45. The zero-order valence-corrected chi connectivity index (χ0v) is 9.60. The van der Waals surface area contributed by atoms with Crippen molar-refractivity contribution in [3.8, 4) is 5.75 Å². The summed E-state index contributed by atoms with van der Waals surface area (Å²) in [5.41, 5.74) is 0.758. The van der Waals surface area contributed by atoms with Gasteiger partial charge in [0.25, 0.3) is 5.91 Å². The molecule has 1 aromatic carbocycles. The van der Waals surface area contributed by atoms with Crippen LogP contribution in [0.1, 0.15) is 6.92 Å². The summed E-state index contributed by atoms with van der Waals surface area (Å²) >= 11 is 0. The largest absolute Gasteiger partial charge is 0.482 e. The summed E-state index contributed by atoms with van der Waals surface area (Å²) in [4.78, 5) is 24.1. The number of para-hydroxylation sites is 2. The normalized spacial score (nSPS) is 13.9. The number of rotatable bonds is 3. The number of anilines is 1. The molecule has 0 fully saturated rings. The van der Waals surface area contributed by atoms with Gasteiger partial charge < -0.3 is 15.0 Å². The Bertz CT molecular complexity index is 445. The summed E-state index contributed by atoms with van der Waals surface area (Å²) in [6, 6.07) is 7.38. The fraction of sp³-hybridized carbons (Fsp3) is 0.333. The number of fused-ring (bicyclic) bond motifs is 1. The lowest BCUT2D eigenvalue weighted by atomic mass is 10.2. The minimum Gasteiger partial charge on any atom is -0.482 e. The molecule has 0 radical (unpaired) electrons. The molecule has 90 valence electrons. The first kappa shape index (κ1) is 11.4. The summed E-state index contributed by atoms with van der Waals surface area (Å²) in [5, 5.41) is 2.67. The Morgan fingerprint density at radius 2 is 2.24 bits per heavy atom. The first-order valence-electron chi connectivity index (χ1n) is 5.45. The van der Waals surface area contributed by atoms with E-state index >= 15 is 0 Å². The van der Waals surface area contributed by atoms with Crippen LogP contribution in [0.3, 0.4) is 0 Å². The number of ether oxygens (including phenoxy) is 1. The van der Waals surface area contributed by atoms with Crippen LogP contribution in [0, 0.1) is 0 Å². The molecular weight excluding hydrogens is 220 g/mol. The highest BCUT2D eigenvalue weighted by Gasteiger charge is 2.24. The Morgan fingerprint density at radius 1 is 1.47 bits per heavy atom. The van der Waals surface area contributed by atoms with E-state index in [0.29, 0.717) is 18.8 Å². The van der Waals surface area contributed by atoms with Gasteiger partial charge in [0.15, 0.2) is 6.61 Å². The number of amides is 2. The predicted molar refractivity (Wildman–Crippen MR) is 63.0 cm³/mol. The fourth-order valence-corrected chi connectivity index (χ4v) is 1.74. The van der Waals surface area contributed by atoms with Gasteiger partial charge in [-0.3, -0.25) is 9.59 Å². The Labute approximate surface area is 99.4 Å². The minimum atomic E-state index is -0.0982. The second-order valence-electron chi connectivity index (χ2n) is 3.78. The van der Waals surface area contributed by atoms with Gasteiger partial charge in [-0.1, -0.05) is 12.1 Å². The zero-order chi connectivity index (χ0) is 12.3. The molecule has 0 atom stereocenters. The van der Waals surface area contributed by atoms with E-state index in [-0.39, 0.29) is 18.4 Å². The smallest absolute Gasteiger partial charge is 0.265 e. The number of benzene rings is 1. The number of carbonyl (C=O) groups is 2. The molecule has 0 saturated heterocycles. The zero-order valence-electron chi connectivity index (χ0n) is 9.60. The molecule has 5 nitrogen and oxygen atoms in total. The average molecular weight is 234 g/mol. The Kier molecular flexibility index (Phi) is 3.27. The van der Waals surface area contributed by atoms with E-state index in [0.717, 1.165) is 5.69 Å². The van der Waals surface area contributed by atoms with Crippen LogP contribution < -0.4 is 15.0 Å². The standard InChI is InChI=1S/C12H14N2O3/c1-9(15)13-6-7-14-10-4-2-3-5-11(10)17-8-12(14)16/h2-5H,6-8H2,1H3,(H,13,15). The van der Waals surface area contributed by atoms with Crippen molar-refractivity contribution in [1.29, 1.82) is 0 Å². The van der Waals surface area contributed by atoms with Crippen LogP contribution in [0.15, 0.2) is 24.3 Å². The van der Waals surface area contributed by atoms with E-state index < -0.39 is 0 Å². The quantitative estimate of drug-likeness (QED) is 0.830. The van der Waals surface area contributed by atoms with Gasteiger partial charge in [-0.15, -0.1) is 0 Å². The molecule has 0 spiro atoms. The number of nitrogens with zero attached hydrogens (tertiary/aromatic N) is 1. The van der Waals surface area contributed by atoms with E-state index in [2.05, 4.69) is 5.32 Å². The Morgan fingerprint density at radius 3 is 3.00 bits per heavy atom. The molecule has 1 aliphatic rings. The van der Waals surface area contributed by atoms with Crippen molar-refractivity contribution >= 4 is 17.5 Å². The van der Waals surface area contributed by atoms with Crippen LogP contribution in [0.4, 0.5) is 5.69 Å². The first-order chi connectivity index (χ1) is 8.18. The van der Waals surface area contributed by atoms with Crippen LogP contribution in [-0.2, 0) is 9.59 Å². The molecule has 2 amide bonds. The lowest BCUT2D eigenvalue weighted by Crippen LogP contribution is -2.43. The van der Waals surface area contributed by atoms with E-state index in [1.807, 2.05) is 24.3 Å². The highest BCUT2D eigenvalue weighted by Crippen LogP contribution is 2.30. The van der Waals surface area contributed by atoms with E-state index in [1.165, 1.54) is 6.92 Å². The second kappa shape index (κ2) is 4.86. The van der Waals surface area contributed by atoms with E-state index in [4.69, 9.17) is 4.74 Å². The molecule has 0 aliphatic carbocycles. The van der Waals surface area contributed by atoms with Gasteiger partial charge in [0, 0.05) is 20.0 Å². The maximum absolute atomic E-state index is 11.7. The number of nitrogens with one attached hydrogen (secondary N) is 1. The van der Waals surface area contributed by atoms with Crippen LogP contribution in [-0.4, -0.2) is 31.5 Å². The van der Waals surface area contributed by atoms with Gasteiger partial charge in [-0.25, -0.2) is 0 Å². The van der Waals surface area contributed by atoms with Crippen molar-refractivity contribution in [2.75, 3.05) is 24.6 Å². The molecular formula is C12H14N2O3. The second-order valence-corrected chi connectivity index (χ2v) is 3.78. The Hall–Kier alpha value is -2.04. The maximum atomic E-state index is 11.7. The van der Waals surface area contributed by atoms with Crippen molar-refractivity contribution in [3.63, 3.8) is 0 Å². The minimum absolute atomic E-state index is 0.0527. The van der Waals surface area contributed by atoms with Gasteiger partial charge >= 0.3 is 0 Å². The molecule has 1 aliphatic heterocycles. The van der Waals surface area contributed by atoms with Crippen molar-refractivity contribution in [2.45, 2.75) is 6.92 Å². The summed E-state index contributed by atoms with van der Waals surface area (Å²) in [5.74, 6) is 0.517. The lowest BCUT2D eigenvalue weighted by molar-refractivity contribution is -0.122. The third-order valence-corrected chi connectivity index (χ3v) is 2.52. The molecule has 0 unspecified atom stereocenters. The van der Waals surface area contributed by atoms with Crippen molar-refractivity contribution < 1.29 is 14.3 Å². The molecule has 5 heteroatoms. The molecule has 0 bridgehead atoms. The molecule has 1 heterocycles. The molecule has 1 N–H and O–H groups in total. The summed E-state index contributed by atoms with van der Waals surface area (Å²) in [7, 11) is 0. The fourth-order valence-electron chi connectivity index (χ4n) is 1.74. The molecule has 17 heavy (non-hydrogen) atoms. The third kappa shape index (κ3) is 2.55. The Balaban J connectivity index is 2.10. The SMILES string of the molecule is CC(=O)NCCN1C(=O)COc2ccccc21. The average Bonchev–Trinajstić information content (AvgIpc) is 2.32. The number of hydrogen-bond acceptors (Lipinski definition) is 3. The van der Waals surface area contributed by atoms with Crippen LogP contribution in [0.25, 0.3) is 0 Å². The van der Waals surface area contributed by atoms with Gasteiger partial charge in [0.05, 0.1) is 5.69 Å². The van der Waals surface area contributed by atoms with Crippen LogP contribution >= 0.6 is 0 Å². The molecule has 0 saturated carbocycles. The molecule has 0 aromatic heterocycles. The van der Waals surface area contributed by atoms with Gasteiger partial charge in [0.2, 0.25) is 5.91 Å². The molecule has 1 aromatic rings. The summed E-state index contributed by atoms with van der Waals surface area (Å²) < 4.78 is 5.31. The highest BCUT2D eigenvalue weighted by molar-refractivity contribution is 5.97. The van der Waals surface area contributed by atoms with Gasteiger partial charge in [-0.05, 0) is 12.1 Å². The van der Waals surface area contributed by atoms with Crippen molar-refractivity contribution in [3.05, 3.63) is 24.3 Å². The lowest BCUT2D eigenvalue weighted by Gasteiger charge is -2.29. The van der Waals surface area contributed by atoms with Gasteiger partial charge in [-0.2, -0.15) is 0 Å². The van der Waals surface area contributed by atoms with E-state index in [9.17, 15) is 9.59 Å². The third-order valence-electron chi connectivity index (χ3n) is 2.52. The van der Waals surface area contributed by atoms with Gasteiger partial charge in [0.1, 0.15) is 5.75 Å².